The van der Waals surface area contributed by atoms with Gasteiger partial charge in [-0.1, -0.05) is 42.1 Å². The molecule has 0 atom stereocenters. The number of hydrogen-bond acceptors (Lipinski definition) is 3. The first kappa shape index (κ1) is 16.1. The zero-order valence-electron chi connectivity index (χ0n) is 13.0. The first-order valence-corrected chi connectivity index (χ1v) is 9.71. The fourth-order valence-electron chi connectivity index (χ4n) is 3.33. The highest BCUT2D eigenvalue weighted by molar-refractivity contribution is 7.18. The van der Waals surface area contributed by atoms with E-state index >= 15 is 0 Å². The molecule has 3 nitrogen and oxygen atoms in total. The summed E-state index contributed by atoms with van der Waals surface area (Å²) in [6, 6.07) is 5.35. The van der Waals surface area contributed by atoms with E-state index in [1.54, 1.807) is 17.4 Å². The number of aromatic amines is 1. The van der Waals surface area contributed by atoms with Crippen molar-refractivity contribution in [1.82, 2.24) is 9.97 Å². The molecule has 6 heteroatoms. The Labute approximate surface area is 153 Å². The minimum absolute atomic E-state index is 0.0795. The van der Waals surface area contributed by atoms with E-state index in [1.165, 1.54) is 29.7 Å². The van der Waals surface area contributed by atoms with Crippen molar-refractivity contribution in [3.05, 3.63) is 49.0 Å². The number of fused-ring (bicyclic) bond motifs is 3. The zero-order valence-corrected chi connectivity index (χ0v) is 15.3. The first-order valence-electron chi connectivity index (χ1n) is 8.14. The molecule has 0 unspecified atom stereocenters. The summed E-state index contributed by atoms with van der Waals surface area (Å²) in [5.74, 6) is 0.481. The van der Waals surface area contributed by atoms with Crippen molar-refractivity contribution >= 4 is 44.8 Å². The quantitative estimate of drug-likeness (QED) is 0.597. The second-order valence-corrected chi connectivity index (χ2v) is 7.98. The van der Waals surface area contributed by atoms with Crippen LogP contribution in [0.2, 0.25) is 10.0 Å². The lowest BCUT2D eigenvalue weighted by Crippen LogP contribution is -2.10. The van der Waals surface area contributed by atoms with Crippen LogP contribution in [0.4, 0.5) is 0 Å². The van der Waals surface area contributed by atoms with Crippen molar-refractivity contribution in [2.75, 3.05) is 0 Å². The molecule has 0 spiro atoms. The molecule has 2 aromatic heterocycles. The van der Waals surface area contributed by atoms with Gasteiger partial charge in [-0.3, -0.25) is 4.79 Å². The third kappa shape index (κ3) is 2.77. The van der Waals surface area contributed by atoms with Gasteiger partial charge in [0.15, 0.2) is 0 Å². The molecule has 24 heavy (non-hydrogen) atoms. The second-order valence-electron chi connectivity index (χ2n) is 6.11. The van der Waals surface area contributed by atoms with Gasteiger partial charge in [0.25, 0.3) is 5.56 Å². The molecule has 4 rings (SSSR count). The van der Waals surface area contributed by atoms with E-state index in [0.29, 0.717) is 21.4 Å². The average Bonchev–Trinajstić information content (AvgIpc) is 2.87. The van der Waals surface area contributed by atoms with Crippen molar-refractivity contribution < 1.29 is 0 Å². The van der Waals surface area contributed by atoms with E-state index in [2.05, 4.69) is 4.98 Å². The van der Waals surface area contributed by atoms with Crippen LogP contribution in [0, 0.1) is 0 Å². The Morgan fingerprint density at radius 2 is 1.88 bits per heavy atom. The van der Waals surface area contributed by atoms with E-state index in [9.17, 15) is 4.79 Å². The minimum Gasteiger partial charge on any atom is -0.306 e. The summed E-state index contributed by atoms with van der Waals surface area (Å²) >= 11 is 14.0. The maximum atomic E-state index is 12.7. The lowest BCUT2D eigenvalue weighted by molar-refractivity contribution is 0.623. The van der Waals surface area contributed by atoms with Gasteiger partial charge in [0.05, 0.1) is 15.4 Å². The average molecular weight is 379 g/mol. The van der Waals surface area contributed by atoms with Gasteiger partial charge in [-0.2, -0.15) is 0 Å². The second kappa shape index (κ2) is 6.51. The summed E-state index contributed by atoms with van der Waals surface area (Å²) < 4.78 is 0. The van der Waals surface area contributed by atoms with Crippen LogP contribution in [0.15, 0.2) is 23.0 Å². The molecule has 0 saturated heterocycles. The van der Waals surface area contributed by atoms with E-state index in [0.717, 1.165) is 29.5 Å². The Bertz CT molecular complexity index is 977. The predicted molar refractivity (Wildman–Crippen MR) is 102 cm³/mol. The summed E-state index contributed by atoms with van der Waals surface area (Å²) in [7, 11) is 0. The van der Waals surface area contributed by atoms with Gasteiger partial charge in [0.2, 0.25) is 0 Å². The van der Waals surface area contributed by atoms with Gasteiger partial charge in [-0.15, -0.1) is 11.3 Å². The van der Waals surface area contributed by atoms with Crippen LogP contribution in [0.1, 0.15) is 36.1 Å². The van der Waals surface area contributed by atoms with Crippen molar-refractivity contribution in [2.45, 2.75) is 38.5 Å². The van der Waals surface area contributed by atoms with Crippen LogP contribution in [0.5, 0.6) is 0 Å². The highest BCUT2D eigenvalue weighted by Gasteiger charge is 2.19. The number of nitrogens with zero attached hydrogens (tertiary/aromatic N) is 1. The standard InChI is InChI=1S/C18H16Cl2N2OS/c19-12-8-5-7-11(15(12)20)16-21-17(23)14-10-6-3-1-2-4-9-13(10)24-18(14)22-16/h5,7-8H,1-4,6,9H2,(H,21,22,23). The summed E-state index contributed by atoms with van der Waals surface area (Å²) in [6.45, 7) is 0. The molecule has 0 bridgehead atoms. The van der Waals surface area contributed by atoms with Crippen molar-refractivity contribution in [3.63, 3.8) is 0 Å². The molecule has 0 aliphatic heterocycles. The number of rotatable bonds is 1. The van der Waals surface area contributed by atoms with Gasteiger partial charge >= 0.3 is 0 Å². The Kier molecular flexibility index (Phi) is 4.37. The molecular formula is C18H16Cl2N2OS. The summed E-state index contributed by atoms with van der Waals surface area (Å²) in [5, 5.41) is 1.63. The molecule has 0 radical (unpaired) electrons. The highest BCUT2D eigenvalue weighted by Crippen LogP contribution is 2.35. The number of H-pyrrole nitrogens is 1. The fourth-order valence-corrected chi connectivity index (χ4v) is 4.98. The predicted octanol–water partition coefficient (Wildman–Crippen LogP) is 5.62. The number of aromatic nitrogens is 2. The molecule has 2 heterocycles. The SMILES string of the molecule is O=c1[nH]c(-c2cccc(Cl)c2Cl)nc2sc3c(c12)CCCCCC3. The number of halogens is 2. The van der Waals surface area contributed by atoms with Crippen LogP contribution in [0.25, 0.3) is 21.6 Å². The van der Waals surface area contributed by atoms with Crippen LogP contribution >= 0.6 is 34.5 Å². The van der Waals surface area contributed by atoms with Gasteiger partial charge in [0, 0.05) is 10.4 Å². The minimum atomic E-state index is -0.0795. The normalized spacial score (nSPS) is 15.1. The Morgan fingerprint density at radius 3 is 2.71 bits per heavy atom. The molecule has 0 fully saturated rings. The van der Waals surface area contributed by atoms with Gasteiger partial charge < -0.3 is 4.98 Å². The largest absolute Gasteiger partial charge is 0.306 e. The maximum Gasteiger partial charge on any atom is 0.260 e. The molecule has 1 aromatic carbocycles. The van der Waals surface area contributed by atoms with Crippen molar-refractivity contribution in [1.29, 1.82) is 0 Å². The van der Waals surface area contributed by atoms with E-state index in [4.69, 9.17) is 28.2 Å². The third-order valence-electron chi connectivity index (χ3n) is 4.53. The summed E-state index contributed by atoms with van der Waals surface area (Å²) in [4.78, 5) is 22.5. The molecule has 1 aliphatic carbocycles. The third-order valence-corrected chi connectivity index (χ3v) is 6.54. The van der Waals surface area contributed by atoms with E-state index in [-0.39, 0.29) is 5.56 Å². The number of nitrogens with one attached hydrogen (secondary N) is 1. The molecule has 3 aromatic rings. The molecule has 1 N–H and O–H groups in total. The zero-order chi connectivity index (χ0) is 16.7. The monoisotopic (exact) mass is 378 g/mol. The lowest BCUT2D eigenvalue weighted by atomic mass is 9.98. The van der Waals surface area contributed by atoms with E-state index in [1.807, 2.05) is 12.1 Å². The van der Waals surface area contributed by atoms with Crippen LogP contribution in [-0.2, 0) is 12.8 Å². The van der Waals surface area contributed by atoms with Crippen molar-refractivity contribution in [3.8, 4) is 11.4 Å². The number of hydrogen-bond donors (Lipinski definition) is 1. The number of benzene rings is 1. The molecule has 124 valence electrons. The van der Waals surface area contributed by atoms with Gasteiger partial charge in [0.1, 0.15) is 10.7 Å². The Hall–Kier alpha value is -1.36. The van der Waals surface area contributed by atoms with Gasteiger partial charge in [-0.25, -0.2) is 4.98 Å². The summed E-state index contributed by atoms with van der Waals surface area (Å²) in [6.07, 6.45) is 6.84. The van der Waals surface area contributed by atoms with Crippen molar-refractivity contribution in [2.24, 2.45) is 0 Å². The van der Waals surface area contributed by atoms with Gasteiger partial charge in [-0.05, 0) is 43.4 Å². The van der Waals surface area contributed by atoms with E-state index < -0.39 is 0 Å². The summed E-state index contributed by atoms with van der Waals surface area (Å²) in [5.41, 5.74) is 1.78. The number of thiophene rings is 1. The smallest absolute Gasteiger partial charge is 0.260 e. The topological polar surface area (TPSA) is 45.8 Å². The number of aryl methyl sites for hydroxylation is 2. The highest BCUT2D eigenvalue weighted by atomic mass is 35.5. The molecule has 0 amide bonds. The molecule has 0 saturated carbocycles. The lowest BCUT2D eigenvalue weighted by Gasteiger charge is -2.09. The van der Waals surface area contributed by atoms with Crippen LogP contribution in [-0.4, -0.2) is 9.97 Å². The Morgan fingerprint density at radius 1 is 1.08 bits per heavy atom. The maximum absolute atomic E-state index is 12.7. The molecule has 1 aliphatic rings. The first-order chi connectivity index (χ1) is 11.6. The van der Waals surface area contributed by atoms with Crippen LogP contribution in [0.3, 0.4) is 0 Å². The van der Waals surface area contributed by atoms with Crippen LogP contribution < -0.4 is 5.56 Å². The molecular weight excluding hydrogens is 363 g/mol. The fraction of sp³-hybridized carbons (Fsp3) is 0.333. The Balaban J connectivity index is 1.92.